The van der Waals surface area contributed by atoms with Crippen molar-refractivity contribution in [2.75, 3.05) is 18.8 Å². The normalized spacial score (nSPS) is 23.2. The SMILES string of the molecule is CCSC1CCCCN(C(=O)C(C)N)C1.Cl. The van der Waals surface area contributed by atoms with Gasteiger partial charge in [-0.05, 0) is 25.5 Å². The number of rotatable bonds is 3. The lowest BCUT2D eigenvalue weighted by molar-refractivity contribution is -0.132. The van der Waals surface area contributed by atoms with E-state index >= 15 is 0 Å². The summed E-state index contributed by atoms with van der Waals surface area (Å²) in [6.07, 6.45) is 3.60. The van der Waals surface area contributed by atoms with Crippen LogP contribution >= 0.6 is 24.2 Å². The molecule has 1 amide bonds. The summed E-state index contributed by atoms with van der Waals surface area (Å²) in [7, 11) is 0. The van der Waals surface area contributed by atoms with Gasteiger partial charge in [0.25, 0.3) is 0 Å². The van der Waals surface area contributed by atoms with Crippen LogP contribution in [-0.2, 0) is 4.79 Å². The number of nitrogens with two attached hydrogens (primary N) is 1. The van der Waals surface area contributed by atoms with Crippen LogP contribution in [0.5, 0.6) is 0 Å². The maximum Gasteiger partial charge on any atom is 0.239 e. The van der Waals surface area contributed by atoms with Crippen molar-refractivity contribution in [1.82, 2.24) is 4.90 Å². The number of thioether (sulfide) groups is 1. The maximum absolute atomic E-state index is 11.8. The van der Waals surface area contributed by atoms with Crippen LogP contribution in [-0.4, -0.2) is 40.9 Å². The van der Waals surface area contributed by atoms with E-state index in [0.29, 0.717) is 5.25 Å². The van der Waals surface area contributed by atoms with Crippen LogP contribution in [0.2, 0.25) is 0 Å². The van der Waals surface area contributed by atoms with Crippen LogP contribution < -0.4 is 5.73 Å². The van der Waals surface area contributed by atoms with E-state index in [2.05, 4.69) is 6.92 Å². The molecule has 2 atom stereocenters. The summed E-state index contributed by atoms with van der Waals surface area (Å²) in [4.78, 5) is 13.7. The standard InChI is InChI=1S/C11H22N2OS.ClH/c1-3-15-10-6-4-5-7-13(8-10)11(14)9(2)12;/h9-10H,3-8,12H2,1-2H3;1H. The Morgan fingerprint density at radius 3 is 2.81 bits per heavy atom. The molecule has 0 spiro atoms. The molecule has 1 heterocycles. The molecule has 0 saturated carbocycles. The topological polar surface area (TPSA) is 46.3 Å². The molecular weight excluding hydrogens is 244 g/mol. The lowest BCUT2D eigenvalue weighted by Gasteiger charge is -2.25. The fraction of sp³-hybridized carbons (Fsp3) is 0.909. The summed E-state index contributed by atoms with van der Waals surface area (Å²) in [5, 5.41) is 0.611. The van der Waals surface area contributed by atoms with Gasteiger partial charge in [-0.2, -0.15) is 11.8 Å². The minimum atomic E-state index is -0.352. The highest BCUT2D eigenvalue weighted by Crippen LogP contribution is 2.22. The van der Waals surface area contributed by atoms with Gasteiger partial charge in [-0.25, -0.2) is 0 Å². The number of halogens is 1. The second-order valence-corrected chi connectivity index (χ2v) is 5.72. The van der Waals surface area contributed by atoms with Crippen molar-refractivity contribution < 1.29 is 4.79 Å². The second-order valence-electron chi connectivity index (χ2n) is 4.15. The number of carbonyl (C=O) groups is 1. The van der Waals surface area contributed by atoms with Gasteiger partial charge in [0.15, 0.2) is 0 Å². The summed E-state index contributed by atoms with van der Waals surface area (Å²) in [6, 6.07) is -0.352. The first kappa shape index (κ1) is 16.1. The highest BCUT2D eigenvalue weighted by molar-refractivity contribution is 7.99. The van der Waals surface area contributed by atoms with E-state index < -0.39 is 0 Å². The molecule has 5 heteroatoms. The van der Waals surface area contributed by atoms with Gasteiger partial charge in [-0.15, -0.1) is 12.4 Å². The zero-order chi connectivity index (χ0) is 11.3. The Balaban J connectivity index is 0.00000225. The first-order valence-electron chi connectivity index (χ1n) is 5.81. The van der Waals surface area contributed by atoms with E-state index in [-0.39, 0.29) is 24.4 Å². The van der Waals surface area contributed by atoms with E-state index in [1.807, 2.05) is 16.7 Å². The van der Waals surface area contributed by atoms with E-state index in [9.17, 15) is 4.79 Å². The number of hydrogen-bond donors (Lipinski definition) is 1. The second kappa shape index (κ2) is 8.20. The molecule has 0 bridgehead atoms. The van der Waals surface area contributed by atoms with Gasteiger partial charge in [0.05, 0.1) is 6.04 Å². The quantitative estimate of drug-likeness (QED) is 0.849. The zero-order valence-electron chi connectivity index (χ0n) is 10.1. The van der Waals surface area contributed by atoms with Crippen molar-refractivity contribution >= 4 is 30.1 Å². The Labute approximate surface area is 109 Å². The average molecular weight is 267 g/mol. The number of nitrogens with zero attached hydrogens (tertiary/aromatic N) is 1. The number of hydrogen-bond acceptors (Lipinski definition) is 3. The maximum atomic E-state index is 11.8. The van der Waals surface area contributed by atoms with Gasteiger partial charge in [0, 0.05) is 18.3 Å². The summed E-state index contributed by atoms with van der Waals surface area (Å²) < 4.78 is 0. The van der Waals surface area contributed by atoms with Gasteiger partial charge in [-0.3, -0.25) is 4.79 Å². The third kappa shape index (κ3) is 4.93. The minimum Gasteiger partial charge on any atom is -0.340 e. The van der Waals surface area contributed by atoms with Gasteiger partial charge < -0.3 is 10.6 Å². The summed E-state index contributed by atoms with van der Waals surface area (Å²) in [5.74, 6) is 1.24. The fourth-order valence-corrected chi connectivity index (χ4v) is 3.05. The number of amides is 1. The van der Waals surface area contributed by atoms with Crippen molar-refractivity contribution in [1.29, 1.82) is 0 Å². The molecular formula is C11H23ClN2OS. The van der Waals surface area contributed by atoms with Gasteiger partial charge in [-0.1, -0.05) is 13.3 Å². The van der Waals surface area contributed by atoms with E-state index in [1.165, 1.54) is 12.8 Å². The molecule has 1 rings (SSSR count). The molecule has 0 aliphatic carbocycles. The zero-order valence-corrected chi connectivity index (χ0v) is 11.8. The molecule has 0 aromatic rings. The Morgan fingerprint density at radius 2 is 2.25 bits per heavy atom. The molecule has 0 aromatic carbocycles. The van der Waals surface area contributed by atoms with Crippen LogP contribution in [0.25, 0.3) is 0 Å². The first-order valence-corrected chi connectivity index (χ1v) is 6.86. The third-order valence-corrected chi connectivity index (χ3v) is 3.92. The average Bonchev–Trinajstić information content (AvgIpc) is 2.42. The molecule has 3 nitrogen and oxygen atoms in total. The van der Waals surface area contributed by atoms with E-state index in [0.717, 1.165) is 25.3 Å². The van der Waals surface area contributed by atoms with E-state index in [4.69, 9.17) is 5.73 Å². The van der Waals surface area contributed by atoms with Crippen molar-refractivity contribution in [2.45, 2.75) is 44.4 Å². The molecule has 2 N–H and O–H groups in total. The predicted molar refractivity (Wildman–Crippen MR) is 73.2 cm³/mol. The largest absolute Gasteiger partial charge is 0.340 e. The Hall–Kier alpha value is 0.0700. The Bertz CT molecular complexity index is 214. The lowest BCUT2D eigenvalue weighted by Crippen LogP contribution is -2.44. The van der Waals surface area contributed by atoms with Crippen LogP contribution in [0, 0.1) is 0 Å². The molecule has 1 aliphatic heterocycles. The lowest BCUT2D eigenvalue weighted by atomic mass is 10.2. The van der Waals surface area contributed by atoms with Gasteiger partial charge in [0.1, 0.15) is 0 Å². The molecule has 96 valence electrons. The molecule has 1 saturated heterocycles. The van der Waals surface area contributed by atoms with Crippen LogP contribution in [0.3, 0.4) is 0 Å². The van der Waals surface area contributed by atoms with Crippen LogP contribution in [0.15, 0.2) is 0 Å². The number of likely N-dealkylation sites (tertiary alicyclic amines) is 1. The third-order valence-electron chi connectivity index (χ3n) is 2.73. The van der Waals surface area contributed by atoms with Crippen molar-refractivity contribution in [3.05, 3.63) is 0 Å². The molecule has 1 aliphatic rings. The van der Waals surface area contributed by atoms with Gasteiger partial charge in [0.2, 0.25) is 5.91 Å². The molecule has 2 unspecified atom stereocenters. The van der Waals surface area contributed by atoms with Crippen LogP contribution in [0.1, 0.15) is 33.1 Å². The fourth-order valence-electron chi connectivity index (χ4n) is 1.96. The Kier molecular flexibility index (Phi) is 8.24. The smallest absolute Gasteiger partial charge is 0.239 e. The van der Waals surface area contributed by atoms with Crippen LogP contribution in [0.4, 0.5) is 0 Å². The highest BCUT2D eigenvalue weighted by Gasteiger charge is 2.23. The molecule has 0 aromatic heterocycles. The van der Waals surface area contributed by atoms with E-state index in [1.54, 1.807) is 6.92 Å². The van der Waals surface area contributed by atoms with Crippen molar-refractivity contribution in [3.8, 4) is 0 Å². The molecule has 1 fully saturated rings. The highest BCUT2D eigenvalue weighted by atomic mass is 35.5. The molecule has 0 radical (unpaired) electrons. The van der Waals surface area contributed by atoms with Crippen molar-refractivity contribution in [2.24, 2.45) is 5.73 Å². The Morgan fingerprint density at radius 1 is 1.56 bits per heavy atom. The summed E-state index contributed by atoms with van der Waals surface area (Å²) >= 11 is 1.96. The minimum absolute atomic E-state index is 0. The first-order chi connectivity index (χ1) is 7.15. The number of carbonyl (C=O) groups excluding carboxylic acids is 1. The van der Waals surface area contributed by atoms with Crippen molar-refractivity contribution in [3.63, 3.8) is 0 Å². The summed E-state index contributed by atoms with van der Waals surface area (Å²) in [6.45, 7) is 5.72. The summed E-state index contributed by atoms with van der Waals surface area (Å²) in [5.41, 5.74) is 5.64. The monoisotopic (exact) mass is 266 g/mol. The van der Waals surface area contributed by atoms with Gasteiger partial charge >= 0.3 is 0 Å². The molecule has 16 heavy (non-hydrogen) atoms. The predicted octanol–water partition coefficient (Wildman–Crippen LogP) is 1.89.